The second kappa shape index (κ2) is 7.27. The Morgan fingerprint density at radius 2 is 1.88 bits per heavy atom. The number of carbonyl (C=O) groups is 1. The van der Waals surface area contributed by atoms with Crippen LogP contribution in [0.3, 0.4) is 0 Å². The highest BCUT2D eigenvalue weighted by atomic mass is 35.5. The van der Waals surface area contributed by atoms with E-state index in [1.165, 1.54) is 11.3 Å². The van der Waals surface area contributed by atoms with Gasteiger partial charge in [0.25, 0.3) is 0 Å². The number of anilines is 1. The zero-order chi connectivity index (χ0) is 17.9. The van der Waals surface area contributed by atoms with Crippen molar-refractivity contribution in [1.82, 2.24) is 14.6 Å². The van der Waals surface area contributed by atoms with E-state index in [1.807, 2.05) is 60.0 Å². The van der Waals surface area contributed by atoms with Gasteiger partial charge in [-0.2, -0.15) is 4.98 Å². The fourth-order valence-electron chi connectivity index (χ4n) is 2.64. The van der Waals surface area contributed by atoms with Gasteiger partial charge >= 0.3 is 0 Å². The largest absolute Gasteiger partial charge is 0.293 e. The number of rotatable bonds is 5. The van der Waals surface area contributed by atoms with E-state index in [1.54, 1.807) is 4.52 Å². The Morgan fingerprint density at radius 1 is 1.12 bits per heavy atom. The van der Waals surface area contributed by atoms with Crippen molar-refractivity contribution < 1.29 is 4.79 Å². The van der Waals surface area contributed by atoms with Crippen molar-refractivity contribution in [2.45, 2.75) is 12.8 Å². The lowest BCUT2D eigenvalue weighted by Crippen LogP contribution is -2.13. The standard InChI is InChI=1S/C19H15ClN4OS/c20-15-9-6-13(7-10-15)8-11-17(25)21-18-22-19-24(23-18)16(12-26-19)14-4-2-1-3-5-14/h1-7,9-10,12H,8,11H2,(H,21,23,25). The van der Waals surface area contributed by atoms with Gasteiger partial charge in [0, 0.05) is 22.4 Å². The number of aryl methyl sites for hydroxylation is 1. The Kier molecular flexibility index (Phi) is 4.69. The summed E-state index contributed by atoms with van der Waals surface area (Å²) in [5.74, 6) is 0.217. The molecule has 4 rings (SSSR count). The van der Waals surface area contributed by atoms with Crippen LogP contribution in [-0.4, -0.2) is 20.5 Å². The fraction of sp³-hybridized carbons (Fsp3) is 0.105. The third-order valence-electron chi connectivity index (χ3n) is 3.96. The van der Waals surface area contributed by atoms with Crippen LogP contribution >= 0.6 is 22.9 Å². The van der Waals surface area contributed by atoms with Gasteiger partial charge in [0.15, 0.2) is 0 Å². The number of hydrogen-bond donors (Lipinski definition) is 1. The molecule has 1 amide bonds. The lowest BCUT2D eigenvalue weighted by Gasteiger charge is -2.02. The van der Waals surface area contributed by atoms with Crippen LogP contribution in [0.1, 0.15) is 12.0 Å². The number of amides is 1. The Hall–Kier alpha value is -2.70. The summed E-state index contributed by atoms with van der Waals surface area (Å²) < 4.78 is 1.76. The van der Waals surface area contributed by atoms with Gasteiger partial charge < -0.3 is 0 Å². The molecule has 130 valence electrons. The average Bonchev–Trinajstić information content (AvgIpc) is 3.22. The van der Waals surface area contributed by atoms with E-state index in [0.29, 0.717) is 23.8 Å². The number of nitrogens with one attached hydrogen (secondary N) is 1. The van der Waals surface area contributed by atoms with E-state index in [4.69, 9.17) is 11.6 Å². The van der Waals surface area contributed by atoms with Crippen molar-refractivity contribution in [3.63, 3.8) is 0 Å². The zero-order valence-corrected chi connectivity index (χ0v) is 15.3. The quantitative estimate of drug-likeness (QED) is 0.545. The van der Waals surface area contributed by atoms with E-state index in [-0.39, 0.29) is 5.91 Å². The number of thiazole rings is 1. The van der Waals surface area contributed by atoms with E-state index >= 15 is 0 Å². The van der Waals surface area contributed by atoms with Crippen LogP contribution < -0.4 is 5.32 Å². The first kappa shape index (κ1) is 16.8. The summed E-state index contributed by atoms with van der Waals surface area (Å²) in [4.78, 5) is 17.3. The number of benzene rings is 2. The van der Waals surface area contributed by atoms with Gasteiger partial charge in [-0.25, -0.2) is 4.52 Å². The monoisotopic (exact) mass is 382 g/mol. The number of aromatic nitrogens is 3. The van der Waals surface area contributed by atoms with Crippen LogP contribution in [-0.2, 0) is 11.2 Å². The Balaban J connectivity index is 1.45. The SMILES string of the molecule is O=C(CCc1ccc(Cl)cc1)Nc1nc2scc(-c3ccccc3)n2n1. The molecule has 0 saturated heterocycles. The third kappa shape index (κ3) is 3.61. The highest BCUT2D eigenvalue weighted by Gasteiger charge is 2.13. The molecule has 0 atom stereocenters. The molecule has 7 heteroatoms. The molecule has 0 aliphatic heterocycles. The second-order valence-electron chi connectivity index (χ2n) is 5.79. The first-order valence-electron chi connectivity index (χ1n) is 8.13. The molecule has 1 N–H and O–H groups in total. The van der Waals surface area contributed by atoms with Gasteiger partial charge in [-0.1, -0.05) is 54.1 Å². The van der Waals surface area contributed by atoms with Gasteiger partial charge in [0.05, 0.1) is 5.69 Å². The first-order chi connectivity index (χ1) is 12.7. The molecular formula is C19H15ClN4OS. The topological polar surface area (TPSA) is 59.3 Å². The minimum atomic E-state index is -0.112. The molecule has 0 aliphatic rings. The van der Waals surface area contributed by atoms with Crippen molar-refractivity contribution in [3.8, 4) is 11.3 Å². The van der Waals surface area contributed by atoms with E-state index in [2.05, 4.69) is 15.4 Å². The molecule has 0 bridgehead atoms. The Labute approximate surface area is 159 Å². The van der Waals surface area contributed by atoms with Crippen molar-refractivity contribution in [1.29, 1.82) is 0 Å². The smallest absolute Gasteiger partial charge is 0.250 e. The van der Waals surface area contributed by atoms with Gasteiger partial charge in [-0.3, -0.25) is 10.1 Å². The molecule has 2 aromatic heterocycles. The van der Waals surface area contributed by atoms with Gasteiger partial charge in [-0.05, 0) is 24.1 Å². The Morgan fingerprint density at radius 3 is 2.65 bits per heavy atom. The molecule has 0 radical (unpaired) electrons. The molecule has 0 fully saturated rings. The minimum absolute atomic E-state index is 0.112. The highest BCUT2D eigenvalue weighted by molar-refractivity contribution is 7.15. The van der Waals surface area contributed by atoms with Crippen LogP contribution in [0.15, 0.2) is 60.0 Å². The number of nitrogens with zero attached hydrogens (tertiary/aromatic N) is 3. The highest BCUT2D eigenvalue weighted by Crippen LogP contribution is 2.25. The molecule has 5 nitrogen and oxygen atoms in total. The fourth-order valence-corrected chi connectivity index (χ4v) is 3.59. The molecule has 0 saturated carbocycles. The number of halogens is 1. The zero-order valence-electron chi connectivity index (χ0n) is 13.7. The molecule has 26 heavy (non-hydrogen) atoms. The molecule has 2 aromatic carbocycles. The molecule has 0 unspecified atom stereocenters. The maximum Gasteiger partial charge on any atom is 0.250 e. The van der Waals surface area contributed by atoms with Gasteiger partial charge in [0.1, 0.15) is 0 Å². The summed E-state index contributed by atoms with van der Waals surface area (Å²) in [6, 6.07) is 17.5. The average molecular weight is 383 g/mol. The van der Waals surface area contributed by atoms with Crippen LogP contribution in [0.2, 0.25) is 5.02 Å². The van der Waals surface area contributed by atoms with E-state index < -0.39 is 0 Å². The van der Waals surface area contributed by atoms with Gasteiger partial charge in [0.2, 0.25) is 16.8 Å². The van der Waals surface area contributed by atoms with Crippen molar-refractivity contribution in [2.75, 3.05) is 5.32 Å². The van der Waals surface area contributed by atoms with Crippen molar-refractivity contribution in [2.24, 2.45) is 0 Å². The predicted molar refractivity (Wildman–Crippen MR) is 105 cm³/mol. The van der Waals surface area contributed by atoms with E-state index in [0.717, 1.165) is 21.8 Å². The summed E-state index contributed by atoms with van der Waals surface area (Å²) >= 11 is 7.36. The molecule has 0 aliphatic carbocycles. The first-order valence-corrected chi connectivity index (χ1v) is 9.39. The van der Waals surface area contributed by atoms with Crippen LogP contribution in [0.5, 0.6) is 0 Å². The maximum absolute atomic E-state index is 12.2. The molecule has 0 spiro atoms. The summed E-state index contributed by atoms with van der Waals surface area (Å²) in [6.45, 7) is 0. The lowest BCUT2D eigenvalue weighted by molar-refractivity contribution is -0.116. The summed E-state index contributed by atoms with van der Waals surface area (Å²) in [7, 11) is 0. The second-order valence-corrected chi connectivity index (χ2v) is 7.06. The van der Waals surface area contributed by atoms with Crippen LogP contribution in [0, 0.1) is 0 Å². The summed E-state index contributed by atoms with van der Waals surface area (Å²) in [5, 5.41) is 9.90. The predicted octanol–water partition coefficient (Wildman–Crippen LogP) is 4.68. The lowest BCUT2D eigenvalue weighted by atomic mass is 10.1. The van der Waals surface area contributed by atoms with Gasteiger partial charge in [-0.15, -0.1) is 16.4 Å². The van der Waals surface area contributed by atoms with Crippen LogP contribution in [0.25, 0.3) is 16.2 Å². The maximum atomic E-state index is 12.2. The number of fused-ring (bicyclic) bond motifs is 1. The third-order valence-corrected chi connectivity index (χ3v) is 5.02. The van der Waals surface area contributed by atoms with E-state index in [9.17, 15) is 4.79 Å². The van der Waals surface area contributed by atoms with Crippen LogP contribution in [0.4, 0.5) is 5.95 Å². The summed E-state index contributed by atoms with van der Waals surface area (Å²) in [5.41, 5.74) is 3.08. The van der Waals surface area contributed by atoms with Crippen molar-refractivity contribution >= 4 is 39.8 Å². The van der Waals surface area contributed by atoms with Crippen molar-refractivity contribution in [3.05, 3.63) is 70.6 Å². The molecular weight excluding hydrogens is 368 g/mol. The minimum Gasteiger partial charge on any atom is -0.293 e. The summed E-state index contributed by atoms with van der Waals surface area (Å²) in [6.07, 6.45) is 1.00. The molecule has 2 heterocycles. The number of hydrogen-bond acceptors (Lipinski definition) is 4. The Bertz CT molecular complexity index is 1040. The number of carbonyl (C=O) groups excluding carboxylic acids is 1. The normalized spacial score (nSPS) is 11.0. The molecule has 4 aromatic rings.